The van der Waals surface area contributed by atoms with E-state index in [1.54, 1.807) is 0 Å². The van der Waals surface area contributed by atoms with Crippen molar-refractivity contribution in [2.24, 2.45) is 0 Å². The lowest BCUT2D eigenvalue weighted by atomic mass is 10.0. The number of aromatic carboxylic acids is 1. The van der Waals surface area contributed by atoms with Crippen molar-refractivity contribution in [3.63, 3.8) is 0 Å². The zero-order valence-corrected chi connectivity index (χ0v) is 12.8. The Morgan fingerprint density at radius 1 is 1.33 bits per heavy atom. The molecule has 0 fully saturated rings. The van der Waals surface area contributed by atoms with E-state index in [1.165, 1.54) is 12.3 Å². The molecule has 5 heteroatoms. The fraction of sp³-hybridized carbons (Fsp3) is 0.250. The van der Waals surface area contributed by atoms with Crippen LogP contribution in [0.2, 0.25) is 5.02 Å². The standard InChI is InChI=1S/C16H16ClNO3/c1-9(2)11-5-4-10(3)6-14(11)21-15-7-12(16(19)20)13(17)8-18-15/h4-9H,1-3H3,(H,19,20). The number of rotatable bonds is 4. The molecule has 0 aliphatic carbocycles. The van der Waals surface area contributed by atoms with E-state index in [9.17, 15) is 4.79 Å². The van der Waals surface area contributed by atoms with Crippen LogP contribution in [-0.4, -0.2) is 16.1 Å². The van der Waals surface area contributed by atoms with Crippen molar-refractivity contribution in [2.45, 2.75) is 26.7 Å². The molecule has 0 amide bonds. The van der Waals surface area contributed by atoms with Crippen LogP contribution in [0.1, 0.15) is 41.3 Å². The Kier molecular flexibility index (Phi) is 4.48. The summed E-state index contributed by atoms with van der Waals surface area (Å²) in [6, 6.07) is 7.26. The van der Waals surface area contributed by atoms with Crippen LogP contribution in [-0.2, 0) is 0 Å². The van der Waals surface area contributed by atoms with Gasteiger partial charge in [0.1, 0.15) is 5.75 Å². The van der Waals surface area contributed by atoms with Crippen molar-refractivity contribution in [3.05, 3.63) is 52.2 Å². The first kappa shape index (κ1) is 15.3. The molecule has 4 nitrogen and oxygen atoms in total. The fourth-order valence-electron chi connectivity index (χ4n) is 1.96. The van der Waals surface area contributed by atoms with Gasteiger partial charge < -0.3 is 9.84 Å². The smallest absolute Gasteiger partial charge is 0.337 e. The highest BCUT2D eigenvalue weighted by Gasteiger charge is 2.14. The summed E-state index contributed by atoms with van der Waals surface area (Å²) in [7, 11) is 0. The minimum atomic E-state index is -1.11. The third-order valence-electron chi connectivity index (χ3n) is 3.07. The minimum Gasteiger partial charge on any atom is -0.478 e. The molecule has 0 saturated carbocycles. The summed E-state index contributed by atoms with van der Waals surface area (Å²) >= 11 is 5.80. The number of ether oxygens (including phenoxy) is 1. The van der Waals surface area contributed by atoms with Crippen molar-refractivity contribution < 1.29 is 14.6 Å². The highest BCUT2D eigenvalue weighted by atomic mass is 35.5. The lowest BCUT2D eigenvalue weighted by Crippen LogP contribution is -2.01. The molecule has 1 N–H and O–H groups in total. The Morgan fingerprint density at radius 2 is 2.05 bits per heavy atom. The van der Waals surface area contributed by atoms with Gasteiger partial charge in [-0.1, -0.05) is 37.6 Å². The molecule has 21 heavy (non-hydrogen) atoms. The second kappa shape index (κ2) is 6.14. The minimum absolute atomic E-state index is 0.0274. The number of halogens is 1. The van der Waals surface area contributed by atoms with E-state index >= 15 is 0 Å². The largest absolute Gasteiger partial charge is 0.478 e. The van der Waals surface area contributed by atoms with Gasteiger partial charge in [-0.05, 0) is 30.0 Å². The van der Waals surface area contributed by atoms with E-state index in [1.807, 2.05) is 25.1 Å². The van der Waals surface area contributed by atoms with Gasteiger partial charge in [0.05, 0.1) is 16.8 Å². The molecule has 0 atom stereocenters. The Bertz CT molecular complexity index is 683. The van der Waals surface area contributed by atoms with E-state index in [0.29, 0.717) is 5.75 Å². The molecule has 0 spiro atoms. The van der Waals surface area contributed by atoms with Gasteiger partial charge in [-0.3, -0.25) is 0 Å². The molecule has 1 aromatic carbocycles. The zero-order chi connectivity index (χ0) is 15.6. The number of pyridine rings is 1. The van der Waals surface area contributed by atoms with E-state index in [4.69, 9.17) is 21.4 Å². The second-order valence-electron chi connectivity index (χ2n) is 5.11. The molecule has 0 saturated heterocycles. The van der Waals surface area contributed by atoms with Crippen LogP contribution in [0, 0.1) is 6.92 Å². The van der Waals surface area contributed by atoms with Gasteiger partial charge in [0.25, 0.3) is 0 Å². The summed E-state index contributed by atoms with van der Waals surface area (Å²) in [5.41, 5.74) is 2.07. The van der Waals surface area contributed by atoms with Gasteiger partial charge >= 0.3 is 5.97 Å². The van der Waals surface area contributed by atoms with Gasteiger partial charge in [-0.15, -0.1) is 0 Å². The molecule has 0 unspecified atom stereocenters. The molecule has 1 aromatic heterocycles. The molecule has 0 aliphatic rings. The number of hydrogen-bond acceptors (Lipinski definition) is 3. The maximum Gasteiger partial charge on any atom is 0.337 e. The van der Waals surface area contributed by atoms with Crippen LogP contribution in [0.4, 0.5) is 0 Å². The third-order valence-corrected chi connectivity index (χ3v) is 3.37. The monoisotopic (exact) mass is 305 g/mol. The Hall–Kier alpha value is -2.07. The topological polar surface area (TPSA) is 59.4 Å². The van der Waals surface area contributed by atoms with Crippen molar-refractivity contribution in [2.75, 3.05) is 0 Å². The van der Waals surface area contributed by atoms with E-state index < -0.39 is 5.97 Å². The second-order valence-corrected chi connectivity index (χ2v) is 5.51. The molecule has 1 heterocycles. The normalized spacial score (nSPS) is 10.7. The summed E-state index contributed by atoms with van der Waals surface area (Å²) in [6.07, 6.45) is 1.28. The van der Waals surface area contributed by atoms with Gasteiger partial charge in [-0.2, -0.15) is 0 Å². The molecular weight excluding hydrogens is 290 g/mol. The number of benzene rings is 1. The lowest BCUT2D eigenvalue weighted by molar-refractivity contribution is 0.0696. The van der Waals surface area contributed by atoms with Gasteiger partial charge in [0.15, 0.2) is 0 Å². The highest BCUT2D eigenvalue weighted by molar-refractivity contribution is 6.33. The van der Waals surface area contributed by atoms with Crippen LogP contribution in [0.25, 0.3) is 0 Å². The summed E-state index contributed by atoms with van der Waals surface area (Å²) < 4.78 is 5.76. The highest BCUT2D eigenvalue weighted by Crippen LogP contribution is 2.31. The van der Waals surface area contributed by atoms with Crippen LogP contribution >= 0.6 is 11.6 Å². The number of aryl methyl sites for hydroxylation is 1. The van der Waals surface area contributed by atoms with Gasteiger partial charge in [-0.25, -0.2) is 9.78 Å². The first-order valence-corrected chi connectivity index (χ1v) is 6.93. The molecule has 2 rings (SSSR count). The predicted octanol–water partition coefficient (Wildman–Crippen LogP) is 4.66. The van der Waals surface area contributed by atoms with Crippen molar-refractivity contribution in [3.8, 4) is 11.6 Å². The predicted molar refractivity (Wildman–Crippen MR) is 81.5 cm³/mol. The van der Waals surface area contributed by atoms with Crippen LogP contribution in [0.3, 0.4) is 0 Å². The molecule has 0 aliphatic heterocycles. The van der Waals surface area contributed by atoms with Gasteiger partial charge in [0.2, 0.25) is 5.88 Å². The Balaban J connectivity index is 2.40. The number of nitrogens with zero attached hydrogens (tertiary/aromatic N) is 1. The molecule has 0 radical (unpaired) electrons. The van der Waals surface area contributed by atoms with E-state index in [0.717, 1.165) is 11.1 Å². The third kappa shape index (κ3) is 3.52. The summed E-state index contributed by atoms with van der Waals surface area (Å²) in [4.78, 5) is 15.1. The first-order chi connectivity index (χ1) is 9.88. The molecule has 0 bridgehead atoms. The number of carboxylic acids is 1. The number of carboxylic acid groups (broad SMARTS) is 1. The maximum absolute atomic E-state index is 11.1. The Labute approximate surface area is 128 Å². The van der Waals surface area contributed by atoms with Crippen molar-refractivity contribution >= 4 is 17.6 Å². The zero-order valence-electron chi connectivity index (χ0n) is 12.1. The lowest BCUT2D eigenvalue weighted by Gasteiger charge is -2.14. The number of aromatic nitrogens is 1. The Morgan fingerprint density at radius 3 is 2.67 bits per heavy atom. The fourth-order valence-corrected chi connectivity index (χ4v) is 2.14. The van der Waals surface area contributed by atoms with E-state index in [2.05, 4.69) is 18.8 Å². The van der Waals surface area contributed by atoms with Gasteiger partial charge in [0, 0.05) is 6.07 Å². The van der Waals surface area contributed by atoms with E-state index in [-0.39, 0.29) is 22.4 Å². The number of carbonyl (C=O) groups is 1. The SMILES string of the molecule is Cc1ccc(C(C)C)c(Oc2cc(C(=O)O)c(Cl)cn2)c1. The summed E-state index contributed by atoms with van der Waals surface area (Å²) in [6.45, 7) is 6.10. The first-order valence-electron chi connectivity index (χ1n) is 6.55. The summed E-state index contributed by atoms with van der Waals surface area (Å²) in [5, 5.41) is 9.16. The van der Waals surface area contributed by atoms with Crippen molar-refractivity contribution in [1.82, 2.24) is 4.98 Å². The van der Waals surface area contributed by atoms with Crippen LogP contribution < -0.4 is 4.74 Å². The van der Waals surface area contributed by atoms with Crippen LogP contribution in [0.5, 0.6) is 11.6 Å². The quantitative estimate of drug-likeness (QED) is 0.892. The average Bonchev–Trinajstić information content (AvgIpc) is 2.40. The summed E-state index contributed by atoms with van der Waals surface area (Å²) in [5.74, 6) is 0.0629. The number of hydrogen-bond donors (Lipinski definition) is 1. The molecule has 110 valence electrons. The van der Waals surface area contributed by atoms with Crippen molar-refractivity contribution in [1.29, 1.82) is 0 Å². The maximum atomic E-state index is 11.1. The average molecular weight is 306 g/mol. The molecular formula is C16H16ClNO3. The van der Waals surface area contributed by atoms with Crippen LogP contribution in [0.15, 0.2) is 30.5 Å². The molecule has 2 aromatic rings.